The Balaban J connectivity index is 1.44. The van der Waals surface area contributed by atoms with Crippen LogP contribution in [0, 0.1) is 0 Å². The molecule has 7 nitrogen and oxygen atoms in total. The molecule has 3 rings (SSSR count). The lowest BCUT2D eigenvalue weighted by atomic mass is 10.1. The summed E-state index contributed by atoms with van der Waals surface area (Å²) < 4.78 is 29.4. The fourth-order valence-corrected chi connectivity index (χ4v) is 5.03. The Kier molecular flexibility index (Phi) is 9.14. The maximum Gasteiger partial charge on any atom is 0.232 e. The molecule has 0 spiro atoms. The highest BCUT2D eigenvalue weighted by molar-refractivity contribution is 7.92. The Bertz CT molecular complexity index is 1040. The minimum atomic E-state index is -3.37. The molecule has 0 saturated carbocycles. The van der Waals surface area contributed by atoms with Crippen LogP contribution in [-0.4, -0.2) is 34.0 Å². The molecule has 0 bridgehead atoms. The van der Waals surface area contributed by atoms with Crippen LogP contribution in [0.15, 0.2) is 30.3 Å². The van der Waals surface area contributed by atoms with E-state index >= 15 is 0 Å². The minimum Gasteiger partial charge on any atom is -0.284 e. The first kappa shape index (κ1) is 24.3. The van der Waals surface area contributed by atoms with Crippen molar-refractivity contribution >= 4 is 21.4 Å². The predicted octanol–water partition coefficient (Wildman–Crippen LogP) is 5.95. The second-order valence-corrected chi connectivity index (χ2v) is 10.4. The van der Waals surface area contributed by atoms with Crippen molar-refractivity contribution in [2.75, 3.05) is 10.5 Å². The number of anilines is 1. The van der Waals surface area contributed by atoms with E-state index in [1.165, 1.54) is 44.9 Å². The highest BCUT2D eigenvalue weighted by Gasteiger charge is 2.13. The standard InChI is InChI=1S/C24H37N5O2S/c1-3-5-6-7-8-9-10-11-12-13-17-32(30,31)28-22-16-14-15-20(18-22)24-25-23-19-21(4-2)26-29(23)27-24/h14-16,18-19,26,28H,3-13,17H2,1-2H3. The smallest absolute Gasteiger partial charge is 0.232 e. The molecule has 0 unspecified atom stereocenters. The monoisotopic (exact) mass is 459 g/mol. The van der Waals surface area contributed by atoms with Gasteiger partial charge in [-0.1, -0.05) is 83.8 Å². The van der Waals surface area contributed by atoms with Gasteiger partial charge in [-0.2, -0.15) is 4.63 Å². The van der Waals surface area contributed by atoms with Crippen LogP contribution in [0.3, 0.4) is 0 Å². The van der Waals surface area contributed by atoms with Gasteiger partial charge in [-0.05, 0) is 25.0 Å². The van der Waals surface area contributed by atoms with Crippen LogP contribution in [0.25, 0.3) is 17.0 Å². The third-order valence-electron chi connectivity index (χ3n) is 5.73. The van der Waals surface area contributed by atoms with E-state index in [0.717, 1.165) is 36.2 Å². The molecular formula is C24H37N5O2S. The Morgan fingerprint density at radius 3 is 2.28 bits per heavy atom. The summed E-state index contributed by atoms with van der Waals surface area (Å²) in [4.78, 5) is 4.54. The summed E-state index contributed by atoms with van der Waals surface area (Å²) in [6.07, 6.45) is 12.7. The largest absolute Gasteiger partial charge is 0.284 e. The second kappa shape index (κ2) is 12.0. The number of hydrogen-bond acceptors (Lipinski definition) is 4. The zero-order valence-corrected chi connectivity index (χ0v) is 20.3. The van der Waals surface area contributed by atoms with E-state index < -0.39 is 10.0 Å². The molecule has 0 aliphatic carbocycles. The molecular weight excluding hydrogens is 422 g/mol. The van der Waals surface area contributed by atoms with Crippen LogP contribution in [0.5, 0.6) is 0 Å². The molecule has 176 valence electrons. The average Bonchev–Trinajstić information content (AvgIpc) is 3.34. The van der Waals surface area contributed by atoms with Crippen molar-refractivity contribution < 1.29 is 8.42 Å². The van der Waals surface area contributed by atoms with Crippen LogP contribution >= 0.6 is 0 Å². The summed E-state index contributed by atoms with van der Waals surface area (Å²) in [5, 5.41) is 7.64. The van der Waals surface area contributed by atoms with E-state index in [1.807, 2.05) is 18.2 Å². The lowest BCUT2D eigenvalue weighted by Gasteiger charge is -2.09. The number of H-pyrrole nitrogens is 1. The number of unbranched alkanes of at least 4 members (excludes halogenated alkanes) is 9. The molecule has 1 aromatic carbocycles. The fraction of sp³-hybridized carbons (Fsp3) is 0.583. The zero-order valence-electron chi connectivity index (χ0n) is 19.4. The topological polar surface area (TPSA) is 92.1 Å². The van der Waals surface area contributed by atoms with Crippen molar-refractivity contribution in [1.29, 1.82) is 0 Å². The predicted molar refractivity (Wildman–Crippen MR) is 131 cm³/mol. The maximum absolute atomic E-state index is 12.5. The number of aromatic amines is 1. The Morgan fingerprint density at radius 2 is 1.62 bits per heavy atom. The maximum atomic E-state index is 12.5. The first-order valence-corrected chi connectivity index (χ1v) is 13.7. The minimum absolute atomic E-state index is 0.152. The lowest BCUT2D eigenvalue weighted by Crippen LogP contribution is -2.16. The van der Waals surface area contributed by atoms with Gasteiger partial charge in [0.1, 0.15) is 0 Å². The van der Waals surface area contributed by atoms with Crippen molar-refractivity contribution in [2.45, 2.75) is 84.5 Å². The van der Waals surface area contributed by atoms with Gasteiger partial charge in [0, 0.05) is 23.0 Å². The van der Waals surface area contributed by atoms with Crippen molar-refractivity contribution in [3.05, 3.63) is 36.0 Å². The molecule has 0 aliphatic rings. The molecule has 0 amide bonds. The van der Waals surface area contributed by atoms with Crippen LogP contribution in [0.2, 0.25) is 0 Å². The number of aromatic nitrogens is 4. The van der Waals surface area contributed by atoms with E-state index in [4.69, 9.17) is 0 Å². The van der Waals surface area contributed by atoms with Gasteiger partial charge >= 0.3 is 0 Å². The number of benzene rings is 1. The Hall–Kier alpha value is -2.35. The number of nitrogens with zero attached hydrogens (tertiary/aromatic N) is 3. The first-order valence-electron chi connectivity index (χ1n) is 12.1. The summed E-state index contributed by atoms with van der Waals surface area (Å²) in [7, 11) is -3.37. The van der Waals surface area contributed by atoms with Gasteiger partial charge < -0.3 is 0 Å². The summed E-state index contributed by atoms with van der Waals surface area (Å²) >= 11 is 0. The van der Waals surface area contributed by atoms with Crippen molar-refractivity contribution in [3.8, 4) is 11.4 Å². The van der Waals surface area contributed by atoms with Crippen LogP contribution in [0.1, 0.15) is 83.7 Å². The van der Waals surface area contributed by atoms with Crippen LogP contribution in [0.4, 0.5) is 5.69 Å². The zero-order chi connectivity index (χ0) is 22.8. The number of fused-ring (bicyclic) bond motifs is 1. The van der Waals surface area contributed by atoms with E-state index in [-0.39, 0.29) is 5.75 Å². The summed E-state index contributed by atoms with van der Waals surface area (Å²) in [5.41, 5.74) is 3.14. The number of nitrogens with one attached hydrogen (secondary N) is 2. The van der Waals surface area contributed by atoms with E-state index in [9.17, 15) is 8.42 Å². The quantitative estimate of drug-likeness (QED) is 0.275. The SMILES string of the molecule is CCCCCCCCCCCCS(=O)(=O)Nc1cccc(-c2nc3cc(CC)[nH]n3n2)c1. The van der Waals surface area contributed by atoms with E-state index in [2.05, 4.69) is 33.8 Å². The second-order valence-electron chi connectivity index (χ2n) is 8.52. The average molecular weight is 460 g/mol. The van der Waals surface area contributed by atoms with Gasteiger partial charge in [0.15, 0.2) is 11.5 Å². The number of hydrogen-bond donors (Lipinski definition) is 2. The molecule has 2 N–H and O–H groups in total. The van der Waals surface area contributed by atoms with Gasteiger partial charge in [0.05, 0.1) is 5.75 Å². The van der Waals surface area contributed by atoms with Crippen LogP contribution in [-0.2, 0) is 16.4 Å². The summed E-state index contributed by atoms with van der Waals surface area (Å²) in [6, 6.07) is 9.22. The lowest BCUT2D eigenvalue weighted by molar-refractivity contribution is 0.558. The number of sulfonamides is 1. The Morgan fingerprint density at radius 1 is 0.938 bits per heavy atom. The van der Waals surface area contributed by atoms with Crippen molar-refractivity contribution in [1.82, 2.24) is 19.8 Å². The Labute approximate surface area is 192 Å². The van der Waals surface area contributed by atoms with Crippen LogP contribution < -0.4 is 4.72 Å². The van der Waals surface area contributed by atoms with Crippen molar-refractivity contribution in [2.24, 2.45) is 0 Å². The summed E-state index contributed by atoms with van der Waals surface area (Å²) in [5.74, 6) is 0.717. The highest BCUT2D eigenvalue weighted by atomic mass is 32.2. The fourth-order valence-electron chi connectivity index (χ4n) is 3.86. The molecule has 0 saturated heterocycles. The van der Waals surface area contributed by atoms with Gasteiger partial charge in [-0.3, -0.25) is 9.82 Å². The molecule has 0 aliphatic heterocycles. The molecule has 0 fully saturated rings. The van der Waals surface area contributed by atoms with Gasteiger partial charge in [0.2, 0.25) is 10.0 Å². The molecule has 0 atom stereocenters. The van der Waals surface area contributed by atoms with Crippen molar-refractivity contribution in [3.63, 3.8) is 0 Å². The van der Waals surface area contributed by atoms with Gasteiger partial charge in [0.25, 0.3) is 0 Å². The normalized spacial score (nSPS) is 11.9. The van der Waals surface area contributed by atoms with Gasteiger partial charge in [-0.25, -0.2) is 13.4 Å². The molecule has 2 heterocycles. The molecule has 8 heteroatoms. The number of aryl methyl sites for hydroxylation is 1. The molecule has 3 aromatic rings. The first-order chi connectivity index (χ1) is 15.5. The van der Waals surface area contributed by atoms with Gasteiger partial charge in [-0.15, -0.1) is 5.10 Å². The third kappa shape index (κ3) is 7.36. The summed E-state index contributed by atoms with van der Waals surface area (Å²) in [6.45, 7) is 4.30. The molecule has 32 heavy (non-hydrogen) atoms. The molecule has 0 radical (unpaired) electrons. The third-order valence-corrected chi connectivity index (χ3v) is 7.10. The van der Waals surface area contributed by atoms with E-state index in [1.54, 1.807) is 16.8 Å². The molecule has 2 aromatic heterocycles. The highest BCUT2D eigenvalue weighted by Crippen LogP contribution is 2.22. The number of rotatable bonds is 15. The van der Waals surface area contributed by atoms with E-state index in [0.29, 0.717) is 17.9 Å².